The lowest BCUT2D eigenvalue weighted by Gasteiger charge is -2.04. The highest BCUT2D eigenvalue weighted by Gasteiger charge is 2.19. The van der Waals surface area contributed by atoms with Crippen molar-refractivity contribution in [1.29, 1.82) is 0 Å². The van der Waals surface area contributed by atoms with Crippen molar-refractivity contribution in [3.8, 4) is 5.75 Å². The van der Waals surface area contributed by atoms with Gasteiger partial charge in [-0.2, -0.15) is 0 Å². The van der Waals surface area contributed by atoms with Gasteiger partial charge in [0.05, 0.1) is 27.8 Å². The Morgan fingerprint density at radius 1 is 1.18 bits per heavy atom. The topological polar surface area (TPSA) is 77.6 Å². The number of rotatable bonds is 6. The summed E-state index contributed by atoms with van der Waals surface area (Å²) in [4.78, 5) is 26.9. The number of carbonyl (C=O) groups is 2. The molecule has 1 aromatic heterocycles. The molecule has 2 aromatic rings. The molecule has 1 aromatic carbocycles. The molecule has 6 nitrogen and oxygen atoms in total. The molecular weight excluding hydrogens is 306 g/mol. The van der Waals surface area contributed by atoms with Gasteiger partial charge in [-0.05, 0) is 18.2 Å². The lowest BCUT2D eigenvalue weighted by atomic mass is 10.2. The predicted octanol–water partition coefficient (Wildman–Crippen LogP) is 2.62. The van der Waals surface area contributed by atoms with E-state index in [4.69, 9.17) is 9.47 Å². The van der Waals surface area contributed by atoms with Gasteiger partial charge in [0, 0.05) is 21.6 Å². The van der Waals surface area contributed by atoms with Gasteiger partial charge in [-0.25, -0.2) is 4.79 Å². The molecule has 0 unspecified atom stereocenters. The quantitative estimate of drug-likeness (QED) is 0.650. The number of H-pyrrole nitrogens is 1. The molecule has 0 atom stereocenters. The maximum absolute atomic E-state index is 11.9. The Labute approximate surface area is 132 Å². The van der Waals surface area contributed by atoms with Gasteiger partial charge in [0.2, 0.25) is 0 Å². The molecule has 0 amide bonds. The number of carbonyl (C=O) groups excluding carboxylic acids is 2. The number of ether oxygens (including phenoxy) is 3. The lowest BCUT2D eigenvalue weighted by molar-refractivity contribution is -0.140. The van der Waals surface area contributed by atoms with E-state index in [2.05, 4.69) is 9.72 Å². The summed E-state index contributed by atoms with van der Waals surface area (Å²) in [5, 5.41) is 0.856. The molecule has 0 aliphatic rings. The fourth-order valence-corrected chi connectivity index (χ4v) is 3.08. The fraction of sp³-hybridized carbons (Fsp3) is 0.333. The first kappa shape index (κ1) is 16.2. The molecule has 22 heavy (non-hydrogen) atoms. The normalized spacial score (nSPS) is 10.5. The van der Waals surface area contributed by atoms with E-state index in [-0.39, 0.29) is 12.4 Å². The third-order valence-electron chi connectivity index (χ3n) is 3.13. The van der Waals surface area contributed by atoms with Crippen LogP contribution in [0, 0.1) is 0 Å². The van der Waals surface area contributed by atoms with Gasteiger partial charge in [-0.15, -0.1) is 11.8 Å². The van der Waals surface area contributed by atoms with Gasteiger partial charge < -0.3 is 19.2 Å². The predicted molar refractivity (Wildman–Crippen MR) is 83.5 cm³/mol. The molecule has 118 valence electrons. The first-order chi connectivity index (χ1) is 10.6. The third kappa shape index (κ3) is 3.36. The fourth-order valence-electron chi connectivity index (χ4n) is 2.01. The van der Waals surface area contributed by atoms with Gasteiger partial charge >= 0.3 is 11.9 Å². The summed E-state index contributed by atoms with van der Waals surface area (Å²) >= 11 is 1.40. The van der Waals surface area contributed by atoms with E-state index in [1.807, 2.05) is 18.2 Å². The molecule has 2 rings (SSSR count). The second kappa shape index (κ2) is 7.22. The van der Waals surface area contributed by atoms with E-state index in [9.17, 15) is 9.59 Å². The lowest BCUT2D eigenvalue weighted by Crippen LogP contribution is -2.04. The molecule has 0 aliphatic heterocycles. The average Bonchev–Trinajstić information content (AvgIpc) is 2.91. The van der Waals surface area contributed by atoms with Crippen LogP contribution < -0.4 is 4.74 Å². The Kier molecular flexibility index (Phi) is 5.32. The van der Waals surface area contributed by atoms with Crippen molar-refractivity contribution in [2.75, 3.05) is 27.1 Å². The maximum atomic E-state index is 11.9. The first-order valence-electron chi connectivity index (χ1n) is 6.58. The van der Waals surface area contributed by atoms with Crippen LogP contribution in [0.5, 0.6) is 5.75 Å². The van der Waals surface area contributed by atoms with Crippen LogP contribution in [-0.4, -0.2) is 44.0 Å². The number of esters is 2. The highest BCUT2D eigenvalue weighted by molar-refractivity contribution is 7.99. The van der Waals surface area contributed by atoms with Gasteiger partial charge in [0.15, 0.2) is 0 Å². The molecule has 0 saturated carbocycles. The number of aromatic nitrogens is 1. The maximum Gasteiger partial charge on any atom is 0.355 e. The summed E-state index contributed by atoms with van der Waals surface area (Å²) in [5.74, 6) is 0.457. The zero-order valence-electron chi connectivity index (χ0n) is 12.6. The van der Waals surface area contributed by atoms with Crippen molar-refractivity contribution >= 4 is 34.6 Å². The second-order valence-corrected chi connectivity index (χ2v) is 5.51. The summed E-state index contributed by atoms with van der Waals surface area (Å²) in [7, 11) is 4.26. The number of fused-ring (bicyclic) bond motifs is 1. The Morgan fingerprint density at radius 2 is 1.95 bits per heavy atom. The van der Waals surface area contributed by atoms with E-state index in [0.29, 0.717) is 17.2 Å². The summed E-state index contributed by atoms with van der Waals surface area (Å²) in [6, 6.07) is 5.49. The smallest absolute Gasteiger partial charge is 0.355 e. The molecule has 1 N–H and O–H groups in total. The summed E-state index contributed by atoms with van der Waals surface area (Å²) in [5.41, 5.74) is 1.18. The van der Waals surface area contributed by atoms with Crippen molar-refractivity contribution in [2.45, 2.75) is 11.3 Å². The standard InChI is InChI=1S/C15H17NO5S/c1-19-9-4-5-11-10(8-9)14(13(16-11)15(18)21-3)22-7-6-12(17)20-2/h4-5,8,16H,6-7H2,1-3H3. The Bertz CT molecular complexity index is 695. The van der Waals surface area contributed by atoms with Gasteiger partial charge in [0.1, 0.15) is 11.4 Å². The number of hydrogen-bond donors (Lipinski definition) is 1. The highest BCUT2D eigenvalue weighted by atomic mass is 32.2. The van der Waals surface area contributed by atoms with Crippen LogP contribution in [-0.2, 0) is 14.3 Å². The summed E-state index contributed by atoms with van der Waals surface area (Å²) < 4.78 is 14.6. The van der Waals surface area contributed by atoms with Crippen LogP contribution in [0.1, 0.15) is 16.9 Å². The largest absolute Gasteiger partial charge is 0.497 e. The number of nitrogens with one attached hydrogen (secondary N) is 1. The number of thioether (sulfide) groups is 1. The molecule has 0 fully saturated rings. The summed E-state index contributed by atoms with van der Waals surface area (Å²) in [6.07, 6.45) is 0.262. The molecule has 0 bridgehead atoms. The number of methoxy groups -OCH3 is 3. The SMILES string of the molecule is COC(=O)CCSc1c(C(=O)OC)[nH]c2ccc(OC)cc12. The van der Waals surface area contributed by atoms with Crippen LogP contribution in [0.4, 0.5) is 0 Å². The van der Waals surface area contributed by atoms with E-state index >= 15 is 0 Å². The molecule has 0 saturated heterocycles. The minimum atomic E-state index is -0.448. The monoisotopic (exact) mass is 323 g/mol. The van der Waals surface area contributed by atoms with Gasteiger partial charge in [-0.1, -0.05) is 0 Å². The molecule has 0 spiro atoms. The van der Waals surface area contributed by atoms with Crippen LogP contribution in [0.3, 0.4) is 0 Å². The van der Waals surface area contributed by atoms with Crippen molar-refractivity contribution < 1.29 is 23.8 Å². The van der Waals surface area contributed by atoms with Gasteiger partial charge in [-0.3, -0.25) is 4.79 Å². The average molecular weight is 323 g/mol. The zero-order valence-corrected chi connectivity index (χ0v) is 13.4. The highest BCUT2D eigenvalue weighted by Crippen LogP contribution is 2.34. The number of benzene rings is 1. The number of aromatic amines is 1. The second-order valence-electron chi connectivity index (χ2n) is 4.41. The molecular formula is C15H17NO5S. The van der Waals surface area contributed by atoms with Crippen LogP contribution in [0.25, 0.3) is 10.9 Å². The minimum absolute atomic E-state index is 0.262. The van der Waals surface area contributed by atoms with Crippen LogP contribution in [0.2, 0.25) is 0 Å². The van der Waals surface area contributed by atoms with E-state index < -0.39 is 5.97 Å². The van der Waals surface area contributed by atoms with Crippen LogP contribution >= 0.6 is 11.8 Å². The molecule has 1 heterocycles. The number of hydrogen-bond acceptors (Lipinski definition) is 6. The Hall–Kier alpha value is -2.15. The third-order valence-corrected chi connectivity index (χ3v) is 4.25. The van der Waals surface area contributed by atoms with E-state index in [1.54, 1.807) is 7.11 Å². The first-order valence-corrected chi connectivity index (χ1v) is 7.57. The molecule has 7 heteroatoms. The van der Waals surface area contributed by atoms with Crippen molar-refractivity contribution in [1.82, 2.24) is 4.98 Å². The van der Waals surface area contributed by atoms with Crippen LogP contribution in [0.15, 0.2) is 23.1 Å². The molecule has 0 aliphatic carbocycles. The Morgan fingerprint density at radius 3 is 2.59 bits per heavy atom. The van der Waals surface area contributed by atoms with Crippen molar-refractivity contribution in [2.24, 2.45) is 0 Å². The Balaban J connectivity index is 2.37. The zero-order chi connectivity index (χ0) is 16.1. The van der Waals surface area contributed by atoms with Gasteiger partial charge in [0.25, 0.3) is 0 Å². The van der Waals surface area contributed by atoms with E-state index in [0.717, 1.165) is 15.8 Å². The summed E-state index contributed by atoms with van der Waals surface area (Å²) in [6.45, 7) is 0. The van der Waals surface area contributed by atoms with E-state index in [1.165, 1.54) is 26.0 Å². The minimum Gasteiger partial charge on any atom is -0.497 e. The van der Waals surface area contributed by atoms with Crippen molar-refractivity contribution in [3.05, 3.63) is 23.9 Å². The van der Waals surface area contributed by atoms with Crippen molar-refractivity contribution in [3.63, 3.8) is 0 Å². The molecule has 0 radical (unpaired) electrons.